The van der Waals surface area contributed by atoms with Gasteiger partial charge in [-0.1, -0.05) is 23.5 Å². The van der Waals surface area contributed by atoms with E-state index in [1.165, 1.54) is 4.70 Å². The van der Waals surface area contributed by atoms with E-state index in [1.807, 2.05) is 37.3 Å². The molecule has 0 aliphatic carbocycles. The summed E-state index contributed by atoms with van der Waals surface area (Å²) in [6, 6.07) is 12.1. The first-order valence-corrected chi connectivity index (χ1v) is 9.83. The zero-order valence-electron chi connectivity index (χ0n) is 14.8. The fraction of sp³-hybridized carbons (Fsp3) is 0.350. The molecule has 2 atom stereocenters. The van der Waals surface area contributed by atoms with Crippen molar-refractivity contribution < 1.29 is 4.79 Å². The Morgan fingerprint density at radius 2 is 2.08 bits per heavy atom. The number of pyridine rings is 1. The number of amides is 1. The highest BCUT2D eigenvalue weighted by molar-refractivity contribution is 7.22. The van der Waals surface area contributed by atoms with Crippen LogP contribution < -0.4 is 10.2 Å². The largest absolute Gasteiger partial charge is 0.349 e. The van der Waals surface area contributed by atoms with Gasteiger partial charge in [-0.15, -0.1) is 0 Å². The second kappa shape index (κ2) is 7.41. The number of carbonyl (C=O) groups is 1. The molecule has 1 aliphatic heterocycles. The molecule has 1 aromatic carbocycles. The van der Waals surface area contributed by atoms with E-state index in [0.717, 1.165) is 42.1 Å². The van der Waals surface area contributed by atoms with Crippen LogP contribution in [0.25, 0.3) is 10.2 Å². The smallest absolute Gasteiger partial charge is 0.225 e. The number of benzene rings is 1. The first-order valence-electron chi connectivity index (χ1n) is 9.01. The standard InChI is InChI=1S/C20H22N4OS/c1-14(15-8-10-21-11-9-15)22-19(25)16-5-4-12-24(13-16)20-23-17-6-2-3-7-18(17)26-20/h2-3,6-11,14,16H,4-5,12-13H2,1H3,(H,22,25)/t14-,16-/m0/s1. The number of hydrogen-bond donors (Lipinski definition) is 1. The van der Waals surface area contributed by atoms with Crippen LogP contribution in [0.1, 0.15) is 31.4 Å². The van der Waals surface area contributed by atoms with Gasteiger partial charge in [0.25, 0.3) is 0 Å². The number of nitrogens with zero attached hydrogens (tertiary/aromatic N) is 3. The Bertz CT molecular complexity index is 862. The molecule has 26 heavy (non-hydrogen) atoms. The number of rotatable bonds is 4. The summed E-state index contributed by atoms with van der Waals surface area (Å²) in [6.07, 6.45) is 5.45. The van der Waals surface area contributed by atoms with Gasteiger partial charge in [0.2, 0.25) is 5.91 Å². The summed E-state index contributed by atoms with van der Waals surface area (Å²) in [7, 11) is 0. The number of aromatic nitrogens is 2. The molecule has 6 heteroatoms. The van der Waals surface area contributed by atoms with E-state index in [-0.39, 0.29) is 17.9 Å². The topological polar surface area (TPSA) is 58.1 Å². The van der Waals surface area contributed by atoms with Crippen molar-refractivity contribution in [3.05, 3.63) is 54.4 Å². The average Bonchev–Trinajstić information content (AvgIpc) is 3.13. The number of para-hydroxylation sites is 1. The molecule has 3 aromatic rings. The molecule has 1 saturated heterocycles. The molecule has 4 rings (SSSR count). The predicted molar refractivity (Wildman–Crippen MR) is 105 cm³/mol. The van der Waals surface area contributed by atoms with E-state index in [0.29, 0.717) is 0 Å². The molecule has 1 amide bonds. The maximum Gasteiger partial charge on any atom is 0.225 e. The summed E-state index contributed by atoms with van der Waals surface area (Å²) in [5.41, 5.74) is 2.11. The Hall–Kier alpha value is -2.47. The van der Waals surface area contributed by atoms with Gasteiger partial charge >= 0.3 is 0 Å². The highest BCUT2D eigenvalue weighted by Gasteiger charge is 2.28. The lowest BCUT2D eigenvalue weighted by molar-refractivity contribution is -0.125. The molecule has 0 saturated carbocycles. The second-order valence-corrected chi connectivity index (χ2v) is 7.77. The van der Waals surface area contributed by atoms with Crippen LogP contribution in [0.15, 0.2) is 48.8 Å². The molecule has 3 heterocycles. The lowest BCUT2D eigenvalue weighted by Gasteiger charge is -2.32. The Balaban J connectivity index is 1.43. The van der Waals surface area contributed by atoms with Crippen LogP contribution in [0.5, 0.6) is 0 Å². The molecule has 0 radical (unpaired) electrons. The predicted octanol–water partition coefficient (Wildman–Crippen LogP) is 3.79. The molecular weight excluding hydrogens is 344 g/mol. The third-order valence-electron chi connectivity index (χ3n) is 4.91. The van der Waals surface area contributed by atoms with Crippen LogP contribution >= 0.6 is 11.3 Å². The lowest BCUT2D eigenvalue weighted by Crippen LogP contribution is -2.43. The van der Waals surface area contributed by atoms with Crippen molar-refractivity contribution in [1.82, 2.24) is 15.3 Å². The molecule has 134 valence electrons. The van der Waals surface area contributed by atoms with E-state index >= 15 is 0 Å². The Morgan fingerprint density at radius 1 is 1.27 bits per heavy atom. The summed E-state index contributed by atoms with van der Waals surface area (Å²) >= 11 is 1.70. The summed E-state index contributed by atoms with van der Waals surface area (Å²) in [6.45, 7) is 3.71. The number of nitrogens with one attached hydrogen (secondary N) is 1. The normalized spacial score (nSPS) is 18.7. The van der Waals surface area contributed by atoms with Crippen molar-refractivity contribution in [1.29, 1.82) is 0 Å². The number of thiazole rings is 1. The second-order valence-electron chi connectivity index (χ2n) is 6.76. The minimum Gasteiger partial charge on any atom is -0.349 e. The van der Waals surface area contributed by atoms with E-state index < -0.39 is 0 Å². The van der Waals surface area contributed by atoms with Gasteiger partial charge in [-0.25, -0.2) is 4.98 Å². The van der Waals surface area contributed by atoms with E-state index in [9.17, 15) is 4.79 Å². The quantitative estimate of drug-likeness (QED) is 0.763. The Kier molecular flexibility index (Phi) is 4.84. The Morgan fingerprint density at radius 3 is 2.88 bits per heavy atom. The van der Waals surface area contributed by atoms with Crippen molar-refractivity contribution in [2.24, 2.45) is 5.92 Å². The van der Waals surface area contributed by atoms with Crippen LogP contribution in [0.3, 0.4) is 0 Å². The summed E-state index contributed by atoms with van der Waals surface area (Å²) in [5.74, 6) is 0.125. The average molecular weight is 366 g/mol. The number of piperidine rings is 1. The molecule has 0 bridgehead atoms. The van der Waals surface area contributed by atoms with Crippen molar-refractivity contribution in [2.75, 3.05) is 18.0 Å². The fourth-order valence-corrected chi connectivity index (χ4v) is 4.43. The van der Waals surface area contributed by atoms with Gasteiger partial charge in [0.15, 0.2) is 5.13 Å². The molecule has 1 fully saturated rings. The van der Waals surface area contributed by atoms with Gasteiger partial charge in [0.1, 0.15) is 0 Å². The first kappa shape index (κ1) is 17.0. The van der Waals surface area contributed by atoms with Crippen LogP contribution in [-0.2, 0) is 4.79 Å². The highest BCUT2D eigenvalue weighted by Crippen LogP contribution is 2.31. The van der Waals surface area contributed by atoms with Gasteiger partial charge < -0.3 is 10.2 Å². The molecule has 1 aliphatic rings. The van der Waals surface area contributed by atoms with Gasteiger partial charge in [-0.3, -0.25) is 9.78 Å². The molecule has 2 aromatic heterocycles. The highest BCUT2D eigenvalue weighted by atomic mass is 32.1. The minimum absolute atomic E-state index is 0.0000458. The van der Waals surface area contributed by atoms with Crippen molar-refractivity contribution >= 4 is 32.6 Å². The summed E-state index contributed by atoms with van der Waals surface area (Å²) in [4.78, 5) is 23.8. The number of fused-ring (bicyclic) bond motifs is 1. The molecule has 1 N–H and O–H groups in total. The van der Waals surface area contributed by atoms with Crippen LogP contribution in [0.2, 0.25) is 0 Å². The van der Waals surface area contributed by atoms with Crippen molar-refractivity contribution in [3.8, 4) is 0 Å². The van der Waals surface area contributed by atoms with Crippen LogP contribution in [0, 0.1) is 5.92 Å². The molecule has 5 nitrogen and oxygen atoms in total. The maximum atomic E-state index is 12.8. The first-order chi connectivity index (χ1) is 12.7. The van der Waals surface area contributed by atoms with Crippen LogP contribution in [-0.4, -0.2) is 29.0 Å². The monoisotopic (exact) mass is 366 g/mol. The van der Waals surface area contributed by atoms with Gasteiger partial charge in [-0.2, -0.15) is 0 Å². The minimum atomic E-state index is -0.0108. The van der Waals surface area contributed by atoms with E-state index in [4.69, 9.17) is 4.98 Å². The molecule has 0 unspecified atom stereocenters. The Labute approximate surface area is 157 Å². The fourth-order valence-electron chi connectivity index (χ4n) is 3.43. The molecule has 0 spiro atoms. The third kappa shape index (κ3) is 3.55. The number of carbonyl (C=O) groups excluding carboxylic acids is 1. The summed E-state index contributed by atoms with van der Waals surface area (Å²) in [5, 5.41) is 4.17. The van der Waals surface area contributed by atoms with Crippen molar-refractivity contribution in [3.63, 3.8) is 0 Å². The zero-order valence-corrected chi connectivity index (χ0v) is 15.6. The van der Waals surface area contributed by atoms with Gasteiger partial charge in [0, 0.05) is 25.5 Å². The lowest BCUT2D eigenvalue weighted by atomic mass is 9.97. The maximum absolute atomic E-state index is 12.8. The van der Waals surface area contributed by atoms with Gasteiger partial charge in [-0.05, 0) is 49.6 Å². The summed E-state index contributed by atoms with van der Waals surface area (Å²) < 4.78 is 1.19. The van der Waals surface area contributed by atoms with Crippen LogP contribution in [0.4, 0.5) is 5.13 Å². The third-order valence-corrected chi connectivity index (χ3v) is 6.01. The van der Waals surface area contributed by atoms with Crippen molar-refractivity contribution in [2.45, 2.75) is 25.8 Å². The van der Waals surface area contributed by atoms with E-state index in [1.54, 1.807) is 23.7 Å². The zero-order chi connectivity index (χ0) is 17.9. The SMILES string of the molecule is C[C@H](NC(=O)[C@H]1CCCN(c2nc3ccccc3s2)C1)c1ccncc1. The number of anilines is 1. The molecular formula is C20H22N4OS. The van der Waals surface area contributed by atoms with E-state index in [2.05, 4.69) is 21.3 Å². The van der Waals surface area contributed by atoms with Gasteiger partial charge in [0.05, 0.1) is 22.2 Å². The number of hydrogen-bond acceptors (Lipinski definition) is 5.